The first-order chi connectivity index (χ1) is 13.6. The summed E-state index contributed by atoms with van der Waals surface area (Å²) in [5.41, 5.74) is 1.77. The van der Waals surface area contributed by atoms with Crippen molar-refractivity contribution in [3.05, 3.63) is 66.4 Å². The summed E-state index contributed by atoms with van der Waals surface area (Å²) in [5.74, 6) is 1.25. The molecule has 3 aromatic rings. The van der Waals surface area contributed by atoms with Gasteiger partial charge in [0.2, 0.25) is 5.95 Å². The first-order valence-corrected chi connectivity index (χ1v) is 8.87. The molecule has 0 unspecified atom stereocenters. The van der Waals surface area contributed by atoms with Gasteiger partial charge in [-0.2, -0.15) is 4.98 Å². The third kappa shape index (κ3) is 4.76. The Labute approximate surface area is 163 Å². The number of carbonyl (C=O) groups excluding carboxylic acids is 1. The molecular formula is C21H22N4O3. The minimum atomic E-state index is -0.433. The van der Waals surface area contributed by atoms with Crippen LogP contribution in [0.25, 0.3) is 0 Å². The van der Waals surface area contributed by atoms with Gasteiger partial charge >= 0.3 is 5.97 Å². The topological polar surface area (TPSA) is 85.4 Å². The number of hydrogen-bond donors (Lipinski definition) is 2. The van der Waals surface area contributed by atoms with Gasteiger partial charge in [-0.25, -0.2) is 9.78 Å². The molecule has 0 atom stereocenters. The summed E-state index contributed by atoms with van der Waals surface area (Å²) in [6.07, 6.45) is 1.69. The second kappa shape index (κ2) is 8.85. The zero-order chi connectivity index (χ0) is 19.9. The Hall–Kier alpha value is -3.61. The van der Waals surface area contributed by atoms with Crippen molar-refractivity contribution in [3.8, 4) is 5.75 Å². The molecule has 1 heterocycles. The second-order valence-electron chi connectivity index (χ2n) is 6.22. The summed E-state index contributed by atoms with van der Waals surface area (Å²) in [5, 5.41) is 6.31. The summed E-state index contributed by atoms with van der Waals surface area (Å²) in [7, 11) is 1.34. The molecule has 0 saturated carbocycles. The van der Waals surface area contributed by atoms with E-state index in [9.17, 15) is 4.79 Å². The van der Waals surface area contributed by atoms with Gasteiger partial charge in [-0.15, -0.1) is 0 Å². The van der Waals surface area contributed by atoms with Crippen molar-refractivity contribution in [2.75, 3.05) is 17.7 Å². The Morgan fingerprint density at radius 3 is 2.43 bits per heavy atom. The van der Waals surface area contributed by atoms with Gasteiger partial charge in [-0.1, -0.05) is 24.3 Å². The molecule has 28 heavy (non-hydrogen) atoms. The summed E-state index contributed by atoms with van der Waals surface area (Å²) in [4.78, 5) is 20.6. The third-order valence-corrected chi connectivity index (χ3v) is 3.75. The lowest BCUT2D eigenvalue weighted by atomic mass is 10.2. The standard InChI is InChI=1S/C21H22N4O3/c1-14(2)28-18-11-7-6-10-17(18)23-19-12-13-22-21(25-19)24-16-9-5-4-8-15(16)20(26)27-3/h4-14H,1-3H3,(H2,22,23,24,25). The van der Waals surface area contributed by atoms with E-state index in [1.54, 1.807) is 30.5 Å². The fourth-order valence-electron chi connectivity index (χ4n) is 2.55. The Morgan fingerprint density at radius 1 is 0.964 bits per heavy atom. The van der Waals surface area contributed by atoms with E-state index < -0.39 is 5.97 Å². The van der Waals surface area contributed by atoms with E-state index >= 15 is 0 Å². The zero-order valence-corrected chi connectivity index (χ0v) is 16.0. The molecule has 1 aromatic heterocycles. The van der Waals surface area contributed by atoms with Crippen molar-refractivity contribution in [2.45, 2.75) is 20.0 Å². The second-order valence-corrected chi connectivity index (χ2v) is 6.22. The predicted molar refractivity (Wildman–Crippen MR) is 109 cm³/mol. The molecule has 144 valence electrons. The van der Waals surface area contributed by atoms with E-state index in [2.05, 4.69) is 20.6 Å². The predicted octanol–water partition coefficient (Wildman–Crippen LogP) is 4.54. The van der Waals surface area contributed by atoms with Crippen LogP contribution in [0.4, 0.5) is 23.1 Å². The molecule has 2 aromatic carbocycles. The number of carbonyl (C=O) groups is 1. The molecular weight excluding hydrogens is 356 g/mol. The van der Waals surface area contributed by atoms with Crippen LogP contribution in [0.2, 0.25) is 0 Å². The lowest BCUT2D eigenvalue weighted by Crippen LogP contribution is -2.08. The first-order valence-electron chi connectivity index (χ1n) is 8.87. The molecule has 0 aliphatic heterocycles. The summed E-state index contributed by atoms with van der Waals surface area (Å²) in [6, 6.07) is 16.4. The van der Waals surface area contributed by atoms with E-state index in [1.807, 2.05) is 44.2 Å². The number of rotatable bonds is 7. The Kier molecular flexibility index (Phi) is 6.06. The highest BCUT2D eigenvalue weighted by Crippen LogP contribution is 2.28. The minimum absolute atomic E-state index is 0.0559. The van der Waals surface area contributed by atoms with Crippen molar-refractivity contribution in [2.24, 2.45) is 0 Å². The van der Waals surface area contributed by atoms with Crippen LogP contribution >= 0.6 is 0 Å². The number of nitrogens with zero attached hydrogens (tertiary/aromatic N) is 2. The molecule has 7 heteroatoms. The molecule has 0 spiro atoms. The lowest BCUT2D eigenvalue weighted by molar-refractivity contribution is 0.0602. The average molecular weight is 378 g/mol. The smallest absolute Gasteiger partial charge is 0.339 e. The Bertz CT molecular complexity index is 960. The van der Waals surface area contributed by atoms with Gasteiger partial charge < -0.3 is 20.1 Å². The van der Waals surface area contributed by atoms with Crippen molar-refractivity contribution in [1.82, 2.24) is 9.97 Å². The van der Waals surface area contributed by atoms with E-state index in [-0.39, 0.29) is 6.10 Å². The molecule has 0 bridgehead atoms. The molecule has 0 amide bonds. The van der Waals surface area contributed by atoms with Crippen LogP contribution in [0.1, 0.15) is 24.2 Å². The largest absolute Gasteiger partial charge is 0.489 e. The molecule has 0 radical (unpaired) electrons. The Balaban J connectivity index is 1.82. The molecule has 0 fully saturated rings. The van der Waals surface area contributed by atoms with Gasteiger partial charge in [0.1, 0.15) is 11.6 Å². The third-order valence-electron chi connectivity index (χ3n) is 3.75. The SMILES string of the molecule is COC(=O)c1ccccc1Nc1nccc(Nc2ccccc2OC(C)C)n1. The molecule has 0 aliphatic carbocycles. The number of methoxy groups -OCH3 is 1. The van der Waals surface area contributed by atoms with Gasteiger partial charge in [0, 0.05) is 6.20 Å². The van der Waals surface area contributed by atoms with Crippen molar-refractivity contribution in [3.63, 3.8) is 0 Å². The van der Waals surface area contributed by atoms with E-state index in [1.165, 1.54) is 7.11 Å². The van der Waals surface area contributed by atoms with Crippen LogP contribution in [0.5, 0.6) is 5.75 Å². The number of hydrogen-bond acceptors (Lipinski definition) is 7. The fraction of sp³-hybridized carbons (Fsp3) is 0.190. The highest BCUT2D eigenvalue weighted by atomic mass is 16.5. The van der Waals surface area contributed by atoms with E-state index in [4.69, 9.17) is 9.47 Å². The van der Waals surface area contributed by atoms with Crippen LogP contribution < -0.4 is 15.4 Å². The van der Waals surface area contributed by atoms with Crippen molar-refractivity contribution < 1.29 is 14.3 Å². The molecule has 7 nitrogen and oxygen atoms in total. The van der Waals surface area contributed by atoms with E-state index in [0.717, 1.165) is 11.4 Å². The summed E-state index contributed by atoms with van der Waals surface area (Å²) < 4.78 is 10.6. The monoisotopic (exact) mass is 378 g/mol. The van der Waals surface area contributed by atoms with E-state index in [0.29, 0.717) is 23.0 Å². The van der Waals surface area contributed by atoms with Gasteiger partial charge in [0.05, 0.1) is 30.2 Å². The number of aromatic nitrogens is 2. The van der Waals surface area contributed by atoms with Gasteiger partial charge in [0.15, 0.2) is 0 Å². The normalized spacial score (nSPS) is 10.4. The average Bonchev–Trinajstić information content (AvgIpc) is 2.69. The van der Waals surface area contributed by atoms with Crippen molar-refractivity contribution >= 4 is 29.1 Å². The van der Waals surface area contributed by atoms with Crippen LogP contribution in [0, 0.1) is 0 Å². The van der Waals surface area contributed by atoms with Crippen LogP contribution in [-0.2, 0) is 4.74 Å². The molecule has 2 N–H and O–H groups in total. The van der Waals surface area contributed by atoms with Crippen LogP contribution in [-0.4, -0.2) is 29.2 Å². The molecule has 0 aliphatic rings. The fourth-order valence-corrected chi connectivity index (χ4v) is 2.55. The highest BCUT2D eigenvalue weighted by molar-refractivity contribution is 5.96. The summed E-state index contributed by atoms with van der Waals surface area (Å²) in [6.45, 7) is 3.95. The van der Waals surface area contributed by atoms with Crippen LogP contribution in [0.3, 0.4) is 0 Å². The van der Waals surface area contributed by atoms with Gasteiger partial charge in [0.25, 0.3) is 0 Å². The number of para-hydroxylation sites is 3. The number of anilines is 4. The molecule has 3 rings (SSSR count). The first kappa shape index (κ1) is 19.2. The zero-order valence-electron chi connectivity index (χ0n) is 16.0. The maximum atomic E-state index is 11.9. The maximum Gasteiger partial charge on any atom is 0.339 e. The number of esters is 1. The molecule has 0 saturated heterocycles. The van der Waals surface area contributed by atoms with Gasteiger partial charge in [-0.3, -0.25) is 0 Å². The summed E-state index contributed by atoms with van der Waals surface area (Å²) >= 11 is 0. The highest BCUT2D eigenvalue weighted by Gasteiger charge is 2.12. The minimum Gasteiger partial charge on any atom is -0.489 e. The van der Waals surface area contributed by atoms with Crippen LogP contribution in [0.15, 0.2) is 60.8 Å². The Morgan fingerprint density at radius 2 is 1.68 bits per heavy atom. The number of benzene rings is 2. The number of ether oxygens (including phenoxy) is 2. The number of nitrogens with one attached hydrogen (secondary N) is 2. The van der Waals surface area contributed by atoms with Crippen molar-refractivity contribution in [1.29, 1.82) is 0 Å². The lowest BCUT2D eigenvalue weighted by Gasteiger charge is -2.15. The maximum absolute atomic E-state index is 11.9. The van der Waals surface area contributed by atoms with Gasteiger partial charge in [-0.05, 0) is 44.2 Å². The quantitative estimate of drug-likeness (QED) is 0.584.